The zero-order valence-corrected chi connectivity index (χ0v) is 13.9. The van der Waals surface area contributed by atoms with E-state index in [9.17, 15) is 5.11 Å². The lowest BCUT2D eigenvalue weighted by molar-refractivity contribution is 0.283. The molecule has 3 N–H and O–H groups in total. The van der Waals surface area contributed by atoms with E-state index in [0.29, 0.717) is 0 Å². The van der Waals surface area contributed by atoms with E-state index in [2.05, 4.69) is 19.9 Å². The highest BCUT2D eigenvalue weighted by Gasteiger charge is 2.04. The van der Waals surface area contributed by atoms with Crippen LogP contribution in [0.3, 0.4) is 0 Å². The van der Waals surface area contributed by atoms with Crippen LogP contribution in [0.2, 0.25) is 0 Å². The minimum atomic E-state index is -0.0334. The van der Waals surface area contributed by atoms with E-state index in [1.54, 1.807) is 0 Å². The molecule has 0 aromatic carbocycles. The Balaban J connectivity index is 1.86. The van der Waals surface area contributed by atoms with Crippen LogP contribution < -0.4 is 0 Å². The van der Waals surface area contributed by atoms with Crippen molar-refractivity contribution in [2.75, 3.05) is 0 Å². The van der Waals surface area contributed by atoms with Crippen molar-refractivity contribution in [2.45, 2.75) is 6.61 Å². The van der Waals surface area contributed by atoms with E-state index in [-0.39, 0.29) is 6.61 Å². The summed E-state index contributed by atoms with van der Waals surface area (Å²) in [6.07, 6.45) is 7.92. The van der Waals surface area contributed by atoms with Gasteiger partial charge in [0.05, 0.1) is 29.4 Å². The maximum absolute atomic E-state index is 9.66. The van der Waals surface area contributed by atoms with Gasteiger partial charge in [0.15, 0.2) is 0 Å². The molecule has 0 atom stereocenters. The summed E-state index contributed by atoms with van der Waals surface area (Å²) in [4.78, 5) is 16.0. The van der Waals surface area contributed by atoms with Crippen LogP contribution in [-0.4, -0.2) is 25.0 Å². The second-order valence-corrected chi connectivity index (χ2v) is 6.36. The summed E-state index contributed by atoms with van der Waals surface area (Å²) in [6.45, 7) is -0.0334. The zero-order valence-electron chi connectivity index (χ0n) is 13.9. The first-order chi connectivity index (χ1) is 12.7. The predicted molar refractivity (Wildman–Crippen MR) is 105 cm³/mol. The molecule has 26 heavy (non-hydrogen) atoms. The normalized spacial score (nSPS) is 12.7. The summed E-state index contributed by atoms with van der Waals surface area (Å²) in [7, 11) is 0. The summed E-state index contributed by atoms with van der Waals surface area (Å²) in [5.74, 6) is 0. The third-order valence-corrected chi connectivity index (χ3v) is 4.42. The summed E-state index contributed by atoms with van der Waals surface area (Å²) in [5.41, 5.74) is 8.07. The maximum atomic E-state index is 9.66. The molecule has 5 nitrogen and oxygen atoms in total. The predicted octanol–water partition coefficient (Wildman–Crippen LogP) is 4.15. The van der Waals surface area contributed by atoms with Crippen LogP contribution in [0.15, 0.2) is 42.5 Å². The number of hydrogen-bond acceptors (Lipinski definition) is 3. The molecule has 0 fully saturated rings. The molecule has 0 unspecified atom stereocenters. The third kappa shape index (κ3) is 2.74. The highest BCUT2D eigenvalue weighted by molar-refractivity contribution is 5.78. The number of nitrogens with zero attached hydrogens (tertiary/aromatic N) is 2. The topological polar surface area (TPSA) is 77.6 Å². The highest BCUT2D eigenvalue weighted by atomic mass is 16.3. The SMILES string of the molecule is OCc1cc2cc3nc(cc4ccc(cc5nc(cc1[nH]2)C=C5)[nH]4)C=C3. The van der Waals surface area contributed by atoms with Gasteiger partial charge in [-0.15, -0.1) is 0 Å². The molecule has 0 aliphatic carbocycles. The Morgan fingerprint density at radius 3 is 1.77 bits per heavy atom. The fraction of sp³-hybridized carbons (Fsp3) is 0.0476. The highest BCUT2D eigenvalue weighted by Crippen LogP contribution is 2.19. The fourth-order valence-electron chi connectivity index (χ4n) is 3.21. The molecule has 5 heteroatoms. The van der Waals surface area contributed by atoms with E-state index in [1.165, 1.54) is 0 Å². The van der Waals surface area contributed by atoms with Gasteiger partial charge >= 0.3 is 0 Å². The van der Waals surface area contributed by atoms with Gasteiger partial charge in [0.2, 0.25) is 0 Å². The van der Waals surface area contributed by atoms with Crippen molar-refractivity contribution in [1.29, 1.82) is 0 Å². The van der Waals surface area contributed by atoms with Crippen molar-refractivity contribution in [3.8, 4) is 0 Å². The largest absolute Gasteiger partial charge is 0.392 e. The Bertz CT molecular complexity index is 1230. The smallest absolute Gasteiger partial charge is 0.0702 e. The van der Waals surface area contributed by atoms with Crippen LogP contribution in [0.25, 0.3) is 46.4 Å². The van der Waals surface area contributed by atoms with E-state index in [0.717, 1.165) is 50.4 Å². The van der Waals surface area contributed by atoms with E-state index in [4.69, 9.17) is 0 Å². The van der Waals surface area contributed by atoms with Gasteiger partial charge in [-0.2, -0.15) is 0 Å². The molecule has 0 amide bonds. The molecule has 0 saturated carbocycles. The molecule has 8 bridgehead atoms. The average Bonchev–Trinajstić information content (AvgIpc) is 3.39. The second-order valence-electron chi connectivity index (χ2n) is 6.36. The number of rotatable bonds is 1. The van der Waals surface area contributed by atoms with Gasteiger partial charge in [-0.25, -0.2) is 9.97 Å². The van der Waals surface area contributed by atoms with Crippen molar-refractivity contribution in [2.24, 2.45) is 0 Å². The molecule has 0 radical (unpaired) electrons. The molecule has 3 aromatic rings. The average molecular weight is 340 g/mol. The molecular formula is C21H16N4O. The van der Waals surface area contributed by atoms with Crippen LogP contribution in [0.1, 0.15) is 28.3 Å². The Morgan fingerprint density at radius 2 is 1.19 bits per heavy atom. The summed E-state index contributed by atoms with van der Waals surface area (Å²) in [5, 5.41) is 9.66. The Hall–Kier alpha value is -3.44. The third-order valence-electron chi connectivity index (χ3n) is 4.42. The lowest BCUT2D eigenvalue weighted by Crippen LogP contribution is -1.79. The number of hydrogen-bond donors (Lipinski definition) is 3. The summed E-state index contributed by atoms with van der Waals surface area (Å²) >= 11 is 0. The first-order valence-corrected chi connectivity index (χ1v) is 8.43. The van der Waals surface area contributed by atoms with E-state index in [1.807, 2.05) is 66.8 Å². The molecule has 5 heterocycles. The van der Waals surface area contributed by atoms with Crippen LogP contribution in [0.5, 0.6) is 0 Å². The van der Waals surface area contributed by atoms with Gasteiger partial charge in [-0.05, 0) is 66.8 Å². The van der Waals surface area contributed by atoms with E-state index >= 15 is 0 Å². The van der Waals surface area contributed by atoms with Crippen molar-refractivity contribution in [3.63, 3.8) is 0 Å². The molecule has 0 saturated heterocycles. The Labute approximate surface area is 149 Å². The van der Waals surface area contributed by atoms with E-state index < -0.39 is 0 Å². The quantitative estimate of drug-likeness (QED) is 0.429. The molecule has 126 valence electrons. The number of nitrogens with one attached hydrogen (secondary N) is 2. The number of aromatic nitrogens is 4. The first kappa shape index (κ1) is 14.9. The monoisotopic (exact) mass is 340 g/mol. The number of fused-ring (bicyclic) bond motifs is 8. The van der Waals surface area contributed by atoms with Crippen LogP contribution >= 0.6 is 0 Å². The maximum Gasteiger partial charge on any atom is 0.0702 e. The first-order valence-electron chi connectivity index (χ1n) is 8.43. The zero-order chi connectivity index (χ0) is 17.5. The van der Waals surface area contributed by atoms with Gasteiger partial charge in [0, 0.05) is 27.6 Å². The Kier molecular flexibility index (Phi) is 3.33. The van der Waals surface area contributed by atoms with Gasteiger partial charge < -0.3 is 15.1 Å². The van der Waals surface area contributed by atoms with Crippen LogP contribution in [-0.2, 0) is 6.61 Å². The number of aliphatic hydroxyl groups is 1. The molecule has 0 spiro atoms. The Morgan fingerprint density at radius 1 is 0.654 bits per heavy atom. The second kappa shape index (κ2) is 5.82. The van der Waals surface area contributed by atoms with Crippen LogP contribution in [0.4, 0.5) is 0 Å². The van der Waals surface area contributed by atoms with Crippen molar-refractivity contribution in [1.82, 2.24) is 19.9 Å². The summed E-state index contributed by atoms with van der Waals surface area (Å²) in [6, 6.07) is 13.9. The van der Waals surface area contributed by atoms with Gasteiger partial charge in [0.25, 0.3) is 0 Å². The lowest BCUT2D eigenvalue weighted by Gasteiger charge is -1.89. The number of aromatic amines is 2. The van der Waals surface area contributed by atoms with Crippen molar-refractivity contribution >= 4 is 46.4 Å². The fourth-order valence-corrected chi connectivity index (χ4v) is 3.21. The minimum absolute atomic E-state index is 0.0334. The molecule has 3 aromatic heterocycles. The summed E-state index contributed by atoms with van der Waals surface area (Å²) < 4.78 is 0. The van der Waals surface area contributed by atoms with Gasteiger partial charge in [-0.1, -0.05) is 0 Å². The minimum Gasteiger partial charge on any atom is -0.392 e. The standard InChI is InChI=1S/C21H16N4O/c26-12-13-7-20-10-18-4-3-16(23-18)8-14-1-2-15(22-14)9-17-5-6-19(24-17)11-21(13)25-20/h1-11,22,25-26H,12H2. The van der Waals surface area contributed by atoms with Gasteiger partial charge in [0.1, 0.15) is 0 Å². The molecule has 2 aliphatic heterocycles. The van der Waals surface area contributed by atoms with Crippen LogP contribution in [0, 0.1) is 0 Å². The van der Waals surface area contributed by atoms with Crippen molar-refractivity contribution in [3.05, 3.63) is 70.8 Å². The van der Waals surface area contributed by atoms with Crippen molar-refractivity contribution < 1.29 is 5.11 Å². The van der Waals surface area contributed by atoms with Gasteiger partial charge in [-0.3, -0.25) is 0 Å². The lowest BCUT2D eigenvalue weighted by atomic mass is 10.2. The molecule has 2 aliphatic rings. The molecule has 5 rings (SSSR count). The number of H-pyrrole nitrogens is 2. The molecular weight excluding hydrogens is 324 g/mol. The number of aliphatic hydroxyl groups excluding tert-OH is 1.